The van der Waals surface area contributed by atoms with Gasteiger partial charge in [-0.2, -0.15) is 0 Å². The highest BCUT2D eigenvalue weighted by atomic mass is 32.2. The quantitative estimate of drug-likeness (QED) is 0.537. The highest BCUT2D eigenvalue weighted by Gasteiger charge is 2.26. The van der Waals surface area contributed by atoms with Gasteiger partial charge in [-0.05, 0) is 30.7 Å². The summed E-state index contributed by atoms with van der Waals surface area (Å²) in [6.45, 7) is 2.65. The first-order chi connectivity index (χ1) is 13.2. The summed E-state index contributed by atoms with van der Waals surface area (Å²) < 4.78 is 2.23. The fourth-order valence-corrected chi connectivity index (χ4v) is 3.96. The standard InChI is InChI=1S/C19H23N7S/c1-27-19-23-16(20)10-17(24-19)25-8-3-5-15(13-25)18-22-7-9-26(18)12-14-4-2-6-21-11-14/h2,4,6-7,9-11,15H,3,5,8,12-13H2,1H3,(H2,20,23,24)/t15-/m1/s1. The third kappa shape index (κ3) is 4.05. The van der Waals surface area contributed by atoms with Gasteiger partial charge in [0, 0.05) is 49.9 Å². The average Bonchev–Trinajstić information content (AvgIpc) is 3.16. The van der Waals surface area contributed by atoms with Crippen molar-refractivity contribution in [3.63, 3.8) is 0 Å². The lowest BCUT2D eigenvalue weighted by Gasteiger charge is -2.33. The Labute approximate surface area is 163 Å². The van der Waals surface area contributed by atoms with Gasteiger partial charge in [0.25, 0.3) is 0 Å². The first kappa shape index (κ1) is 17.8. The van der Waals surface area contributed by atoms with Gasteiger partial charge in [0.05, 0.1) is 6.54 Å². The molecule has 0 spiro atoms. The molecule has 0 radical (unpaired) electrons. The number of nitrogens with zero attached hydrogens (tertiary/aromatic N) is 6. The first-order valence-electron chi connectivity index (χ1n) is 9.06. The maximum Gasteiger partial charge on any atom is 0.191 e. The fourth-order valence-electron chi connectivity index (χ4n) is 3.58. The van der Waals surface area contributed by atoms with Gasteiger partial charge >= 0.3 is 0 Å². The number of imidazole rings is 1. The van der Waals surface area contributed by atoms with Gasteiger partial charge in [0.2, 0.25) is 0 Å². The van der Waals surface area contributed by atoms with E-state index in [4.69, 9.17) is 5.73 Å². The van der Waals surface area contributed by atoms with Crippen LogP contribution in [0.5, 0.6) is 0 Å². The Balaban J connectivity index is 1.54. The lowest BCUT2D eigenvalue weighted by Crippen LogP contribution is -2.36. The van der Waals surface area contributed by atoms with Crippen molar-refractivity contribution < 1.29 is 0 Å². The van der Waals surface area contributed by atoms with E-state index in [9.17, 15) is 0 Å². The number of pyridine rings is 1. The number of nitrogens with two attached hydrogens (primary N) is 1. The number of thioether (sulfide) groups is 1. The minimum absolute atomic E-state index is 0.361. The van der Waals surface area contributed by atoms with Gasteiger partial charge in [-0.3, -0.25) is 4.98 Å². The third-order valence-electron chi connectivity index (χ3n) is 4.83. The molecule has 1 atom stereocenters. The van der Waals surface area contributed by atoms with Gasteiger partial charge in [-0.15, -0.1) is 0 Å². The van der Waals surface area contributed by atoms with Crippen molar-refractivity contribution in [2.24, 2.45) is 0 Å². The fraction of sp³-hybridized carbons (Fsp3) is 0.368. The highest BCUT2D eigenvalue weighted by Crippen LogP contribution is 2.30. The van der Waals surface area contributed by atoms with E-state index in [1.165, 1.54) is 17.3 Å². The third-order valence-corrected chi connectivity index (χ3v) is 5.38. The Morgan fingerprint density at radius 3 is 3.04 bits per heavy atom. The average molecular weight is 382 g/mol. The van der Waals surface area contributed by atoms with Crippen LogP contribution in [0.4, 0.5) is 11.6 Å². The number of hydrogen-bond donors (Lipinski definition) is 1. The Morgan fingerprint density at radius 1 is 1.30 bits per heavy atom. The van der Waals surface area contributed by atoms with Gasteiger partial charge in [-0.1, -0.05) is 17.8 Å². The first-order valence-corrected chi connectivity index (χ1v) is 10.3. The van der Waals surface area contributed by atoms with E-state index in [1.807, 2.05) is 30.8 Å². The second kappa shape index (κ2) is 7.96. The predicted octanol–water partition coefficient (Wildman–Crippen LogP) is 2.80. The van der Waals surface area contributed by atoms with Crippen LogP contribution in [0.15, 0.2) is 48.1 Å². The van der Waals surface area contributed by atoms with Gasteiger partial charge < -0.3 is 15.2 Å². The van der Waals surface area contributed by atoms with Crippen LogP contribution in [0.1, 0.15) is 30.1 Å². The summed E-state index contributed by atoms with van der Waals surface area (Å²) in [5, 5.41) is 0.713. The molecule has 7 nitrogen and oxygen atoms in total. The molecule has 27 heavy (non-hydrogen) atoms. The topological polar surface area (TPSA) is 85.8 Å². The molecule has 0 saturated carbocycles. The predicted molar refractivity (Wildman–Crippen MR) is 108 cm³/mol. The van der Waals surface area contributed by atoms with E-state index < -0.39 is 0 Å². The van der Waals surface area contributed by atoms with Crippen LogP contribution in [0, 0.1) is 0 Å². The Kier molecular flexibility index (Phi) is 5.24. The van der Waals surface area contributed by atoms with E-state index in [1.54, 1.807) is 6.20 Å². The van der Waals surface area contributed by atoms with Crippen molar-refractivity contribution in [1.82, 2.24) is 24.5 Å². The van der Waals surface area contributed by atoms with Crippen LogP contribution in [0.2, 0.25) is 0 Å². The molecule has 3 aromatic heterocycles. The minimum atomic E-state index is 0.361. The molecular formula is C19H23N7S. The summed E-state index contributed by atoms with van der Waals surface area (Å²) in [6.07, 6.45) is 11.8. The van der Waals surface area contributed by atoms with Crippen LogP contribution in [0.3, 0.4) is 0 Å². The molecule has 0 unspecified atom stereocenters. The van der Waals surface area contributed by atoms with Crippen LogP contribution in [-0.4, -0.2) is 43.8 Å². The lowest BCUT2D eigenvalue weighted by atomic mass is 9.97. The molecule has 0 amide bonds. The SMILES string of the molecule is CSc1nc(N)cc(N2CCC[C@@H](c3nccn3Cc3cccnc3)C2)n1. The zero-order valence-electron chi connectivity index (χ0n) is 15.3. The molecule has 1 aliphatic heterocycles. The summed E-state index contributed by atoms with van der Waals surface area (Å²) in [5.41, 5.74) is 7.15. The Morgan fingerprint density at radius 2 is 2.22 bits per heavy atom. The molecule has 4 heterocycles. The van der Waals surface area contributed by atoms with E-state index >= 15 is 0 Å². The van der Waals surface area contributed by atoms with Crippen molar-refractivity contribution in [2.45, 2.75) is 30.5 Å². The van der Waals surface area contributed by atoms with Gasteiger partial charge in [0.15, 0.2) is 5.16 Å². The highest BCUT2D eigenvalue weighted by molar-refractivity contribution is 7.98. The van der Waals surface area contributed by atoms with E-state index in [0.29, 0.717) is 16.9 Å². The van der Waals surface area contributed by atoms with Gasteiger partial charge in [0.1, 0.15) is 17.5 Å². The second-order valence-corrected chi connectivity index (χ2v) is 7.47. The molecule has 0 aromatic carbocycles. The molecule has 140 valence electrons. The van der Waals surface area contributed by atoms with Crippen LogP contribution < -0.4 is 10.6 Å². The van der Waals surface area contributed by atoms with Crippen molar-refractivity contribution in [3.8, 4) is 0 Å². The maximum absolute atomic E-state index is 5.97. The lowest BCUT2D eigenvalue weighted by molar-refractivity contribution is 0.473. The number of nitrogen functional groups attached to an aromatic ring is 1. The van der Waals surface area contributed by atoms with E-state index in [2.05, 4.69) is 41.7 Å². The molecule has 2 N–H and O–H groups in total. The van der Waals surface area contributed by atoms with Crippen molar-refractivity contribution in [2.75, 3.05) is 30.0 Å². The number of rotatable bonds is 5. The molecule has 1 fully saturated rings. The molecular weight excluding hydrogens is 358 g/mol. The number of aromatic nitrogens is 5. The van der Waals surface area contributed by atoms with Crippen LogP contribution >= 0.6 is 11.8 Å². The molecule has 0 bridgehead atoms. The van der Waals surface area contributed by atoms with Crippen molar-refractivity contribution in [1.29, 1.82) is 0 Å². The number of piperidine rings is 1. The molecule has 4 rings (SSSR count). The second-order valence-electron chi connectivity index (χ2n) is 6.70. The van der Waals surface area contributed by atoms with Crippen molar-refractivity contribution in [3.05, 3.63) is 54.4 Å². The molecule has 0 aliphatic carbocycles. The molecule has 8 heteroatoms. The van der Waals surface area contributed by atoms with E-state index in [-0.39, 0.29) is 0 Å². The summed E-state index contributed by atoms with van der Waals surface area (Å²) in [6, 6.07) is 5.93. The van der Waals surface area contributed by atoms with Crippen LogP contribution in [-0.2, 0) is 6.54 Å². The molecule has 1 aliphatic rings. The smallest absolute Gasteiger partial charge is 0.191 e. The Hall–Kier alpha value is -2.61. The van der Waals surface area contributed by atoms with Gasteiger partial charge in [-0.25, -0.2) is 15.0 Å². The maximum atomic E-state index is 5.97. The minimum Gasteiger partial charge on any atom is -0.383 e. The monoisotopic (exact) mass is 381 g/mol. The Bertz CT molecular complexity index is 896. The number of hydrogen-bond acceptors (Lipinski definition) is 7. The molecule has 3 aromatic rings. The summed E-state index contributed by atoms with van der Waals surface area (Å²) in [7, 11) is 0. The zero-order valence-corrected chi connectivity index (χ0v) is 16.1. The van der Waals surface area contributed by atoms with Crippen molar-refractivity contribution >= 4 is 23.4 Å². The zero-order chi connectivity index (χ0) is 18.6. The van der Waals surface area contributed by atoms with E-state index in [0.717, 1.165) is 44.1 Å². The van der Waals surface area contributed by atoms with Crippen LogP contribution in [0.25, 0.3) is 0 Å². The molecule has 1 saturated heterocycles. The normalized spacial score (nSPS) is 17.2. The number of anilines is 2. The largest absolute Gasteiger partial charge is 0.383 e. The summed E-state index contributed by atoms with van der Waals surface area (Å²) >= 11 is 1.51. The summed E-state index contributed by atoms with van der Waals surface area (Å²) in [5.74, 6) is 2.90. The summed E-state index contributed by atoms with van der Waals surface area (Å²) in [4.78, 5) is 20.1.